The van der Waals surface area contributed by atoms with Crippen LogP contribution in [0, 0.1) is 0 Å². The van der Waals surface area contributed by atoms with E-state index in [1.54, 1.807) is 0 Å². The topological polar surface area (TPSA) is 24.1 Å². The van der Waals surface area contributed by atoms with Crippen LogP contribution in [0.4, 0.5) is 5.69 Å². The number of hydrogen-bond donors (Lipinski definition) is 2. The summed E-state index contributed by atoms with van der Waals surface area (Å²) in [7, 11) is 0. The average Bonchev–Trinajstić information content (AvgIpc) is 2.48. The Kier molecular flexibility index (Phi) is 6.03. The molecule has 2 rings (SSSR count). The molecule has 21 heavy (non-hydrogen) atoms. The van der Waals surface area contributed by atoms with Crippen LogP contribution in [-0.2, 0) is 6.42 Å². The summed E-state index contributed by atoms with van der Waals surface area (Å²) in [4.78, 5) is 0. The van der Waals surface area contributed by atoms with Crippen molar-refractivity contribution in [2.75, 3.05) is 5.32 Å². The van der Waals surface area contributed by atoms with Gasteiger partial charge in [-0.1, -0.05) is 41.9 Å². The summed E-state index contributed by atoms with van der Waals surface area (Å²) in [6, 6.07) is 18.3. The highest BCUT2D eigenvalue weighted by atomic mass is 35.5. The molecule has 2 aromatic carbocycles. The van der Waals surface area contributed by atoms with Crippen molar-refractivity contribution in [3.05, 3.63) is 65.2 Å². The number of anilines is 1. The third-order valence-electron chi connectivity index (χ3n) is 3.19. The molecule has 0 aliphatic heterocycles. The van der Waals surface area contributed by atoms with E-state index in [0.717, 1.165) is 23.6 Å². The molecule has 0 amide bonds. The van der Waals surface area contributed by atoms with Crippen molar-refractivity contribution in [3.8, 4) is 0 Å². The maximum Gasteiger partial charge on any atom is 0.170 e. The summed E-state index contributed by atoms with van der Waals surface area (Å²) in [6.07, 6.45) is 2.07. The molecule has 0 saturated carbocycles. The molecule has 0 saturated heterocycles. The van der Waals surface area contributed by atoms with Gasteiger partial charge in [-0.15, -0.1) is 0 Å². The molecule has 0 aliphatic rings. The molecule has 4 heteroatoms. The van der Waals surface area contributed by atoms with Crippen molar-refractivity contribution in [3.63, 3.8) is 0 Å². The molecule has 2 nitrogen and oxygen atoms in total. The quantitative estimate of drug-likeness (QED) is 0.785. The van der Waals surface area contributed by atoms with Gasteiger partial charge in [0, 0.05) is 16.8 Å². The van der Waals surface area contributed by atoms with E-state index in [1.165, 1.54) is 5.56 Å². The lowest BCUT2D eigenvalue weighted by molar-refractivity contribution is 0.609. The third-order valence-corrected chi connectivity index (χ3v) is 3.66. The highest BCUT2D eigenvalue weighted by Gasteiger charge is 2.05. The SMILES string of the molecule is CC(CCc1ccccc1)NC(=S)Nc1ccc(Cl)cc1. The molecule has 2 N–H and O–H groups in total. The lowest BCUT2D eigenvalue weighted by atomic mass is 10.1. The van der Waals surface area contributed by atoms with E-state index in [-0.39, 0.29) is 0 Å². The van der Waals surface area contributed by atoms with Gasteiger partial charge >= 0.3 is 0 Å². The Bertz CT molecular complexity index is 569. The van der Waals surface area contributed by atoms with Crippen molar-refractivity contribution in [2.45, 2.75) is 25.8 Å². The molecule has 0 aliphatic carbocycles. The fraction of sp³-hybridized carbons (Fsp3) is 0.235. The Morgan fingerprint density at radius 2 is 1.76 bits per heavy atom. The highest BCUT2D eigenvalue weighted by molar-refractivity contribution is 7.80. The molecule has 0 spiro atoms. The summed E-state index contributed by atoms with van der Waals surface area (Å²) in [5.41, 5.74) is 2.29. The van der Waals surface area contributed by atoms with Gasteiger partial charge in [-0.05, 0) is 61.8 Å². The normalized spacial score (nSPS) is 11.7. The van der Waals surface area contributed by atoms with E-state index < -0.39 is 0 Å². The van der Waals surface area contributed by atoms with Crippen LogP contribution < -0.4 is 10.6 Å². The van der Waals surface area contributed by atoms with Crippen molar-refractivity contribution >= 4 is 34.6 Å². The molecule has 1 atom stereocenters. The number of thiocarbonyl (C=S) groups is 1. The number of halogens is 1. The lowest BCUT2D eigenvalue weighted by Crippen LogP contribution is -2.36. The van der Waals surface area contributed by atoms with Crippen molar-refractivity contribution in [2.24, 2.45) is 0 Å². The summed E-state index contributed by atoms with van der Waals surface area (Å²) < 4.78 is 0. The number of nitrogens with one attached hydrogen (secondary N) is 2. The second-order valence-corrected chi connectivity index (χ2v) is 5.88. The third kappa shape index (κ3) is 5.74. The van der Waals surface area contributed by atoms with E-state index in [0.29, 0.717) is 11.2 Å². The molecular weight excluding hydrogens is 300 g/mol. The molecule has 0 radical (unpaired) electrons. The maximum absolute atomic E-state index is 5.86. The van der Waals surface area contributed by atoms with Gasteiger partial charge in [0.25, 0.3) is 0 Å². The van der Waals surface area contributed by atoms with E-state index >= 15 is 0 Å². The number of hydrogen-bond acceptors (Lipinski definition) is 1. The van der Waals surface area contributed by atoms with Crippen LogP contribution in [0.15, 0.2) is 54.6 Å². The van der Waals surface area contributed by atoms with Crippen molar-refractivity contribution in [1.82, 2.24) is 5.32 Å². The van der Waals surface area contributed by atoms with Crippen molar-refractivity contribution in [1.29, 1.82) is 0 Å². The summed E-state index contributed by atoms with van der Waals surface area (Å²) in [6.45, 7) is 2.14. The first-order chi connectivity index (χ1) is 10.1. The van der Waals surface area contributed by atoms with Crippen LogP contribution in [0.2, 0.25) is 5.02 Å². The van der Waals surface area contributed by atoms with E-state index in [2.05, 4.69) is 41.8 Å². The molecule has 1 unspecified atom stereocenters. The van der Waals surface area contributed by atoms with Gasteiger partial charge in [-0.25, -0.2) is 0 Å². The minimum atomic E-state index is 0.317. The zero-order valence-corrected chi connectivity index (χ0v) is 13.5. The second-order valence-electron chi connectivity index (χ2n) is 5.03. The minimum absolute atomic E-state index is 0.317. The maximum atomic E-state index is 5.86. The first-order valence-corrected chi connectivity index (χ1v) is 7.79. The number of benzene rings is 2. The Hall–Kier alpha value is -1.58. The summed E-state index contributed by atoms with van der Waals surface area (Å²) >= 11 is 11.2. The molecule has 0 heterocycles. The van der Waals surface area contributed by atoms with Crippen LogP contribution in [0.5, 0.6) is 0 Å². The number of rotatable bonds is 5. The van der Waals surface area contributed by atoms with Gasteiger partial charge in [-0.3, -0.25) is 0 Å². The summed E-state index contributed by atoms with van der Waals surface area (Å²) in [5.74, 6) is 0. The molecular formula is C17H19ClN2S. The van der Waals surface area contributed by atoms with Gasteiger partial charge in [-0.2, -0.15) is 0 Å². The predicted molar refractivity (Wildman–Crippen MR) is 95.0 cm³/mol. The van der Waals surface area contributed by atoms with Crippen LogP contribution in [0.25, 0.3) is 0 Å². The molecule has 0 bridgehead atoms. The van der Waals surface area contributed by atoms with E-state index in [4.69, 9.17) is 23.8 Å². The minimum Gasteiger partial charge on any atom is -0.360 e. The van der Waals surface area contributed by atoms with Gasteiger partial charge in [0.1, 0.15) is 0 Å². The Labute approximate surface area is 136 Å². The summed E-state index contributed by atoms with van der Waals surface area (Å²) in [5, 5.41) is 7.82. The van der Waals surface area contributed by atoms with E-state index in [1.807, 2.05) is 30.3 Å². The van der Waals surface area contributed by atoms with Crippen LogP contribution in [-0.4, -0.2) is 11.2 Å². The zero-order valence-electron chi connectivity index (χ0n) is 12.0. The van der Waals surface area contributed by atoms with Gasteiger partial charge in [0.05, 0.1) is 0 Å². The van der Waals surface area contributed by atoms with Gasteiger partial charge in [0.2, 0.25) is 0 Å². The molecule has 0 fully saturated rings. The zero-order chi connectivity index (χ0) is 15.1. The monoisotopic (exact) mass is 318 g/mol. The highest BCUT2D eigenvalue weighted by Crippen LogP contribution is 2.13. The number of aryl methyl sites for hydroxylation is 1. The average molecular weight is 319 g/mol. The van der Waals surface area contributed by atoms with Gasteiger partial charge in [0.15, 0.2) is 5.11 Å². The van der Waals surface area contributed by atoms with Crippen molar-refractivity contribution < 1.29 is 0 Å². The standard InChI is InChI=1S/C17H19ClN2S/c1-13(7-8-14-5-3-2-4-6-14)19-17(21)20-16-11-9-15(18)10-12-16/h2-6,9-13H,7-8H2,1H3,(H2,19,20,21). The van der Waals surface area contributed by atoms with Crippen LogP contribution >= 0.6 is 23.8 Å². The Morgan fingerprint density at radius 3 is 2.43 bits per heavy atom. The smallest absolute Gasteiger partial charge is 0.170 e. The van der Waals surface area contributed by atoms with E-state index in [9.17, 15) is 0 Å². The molecule has 2 aromatic rings. The Balaban J connectivity index is 1.75. The predicted octanol–water partition coefficient (Wildman–Crippen LogP) is 4.65. The second kappa shape index (κ2) is 8.01. The fourth-order valence-electron chi connectivity index (χ4n) is 2.02. The van der Waals surface area contributed by atoms with Crippen LogP contribution in [0.1, 0.15) is 18.9 Å². The van der Waals surface area contributed by atoms with Gasteiger partial charge < -0.3 is 10.6 Å². The Morgan fingerprint density at radius 1 is 1.10 bits per heavy atom. The van der Waals surface area contributed by atoms with Crippen LogP contribution in [0.3, 0.4) is 0 Å². The first-order valence-electron chi connectivity index (χ1n) is 7.00. The lowest BCUT2D eigenvalue weighted by Gasteiger charge is -2.17. The first kappa shape index (κ1) is 15.8. The molecule has 0 aromatic heterocycles. The molecule has 110 valence electrons. The largest absolute Gasteiger partial charge is 0.360 e. The fourth-order valence-corrected chi connectivity index (χ4v) is 2.47.